The summed E-state index contributed by atoms with van der Waals surface area (Å²) in [4.78, 5) is 72.2. The summed E-state index contributed by atoms with van der Waals surface area (Å²) in [5.74, 6) is 0. The number of nitrogens with one attached hydrogen (secondary N) is 2. The average Bonchev–Trinajstić information content (AvgIpc) is 4.11. The van der Waals surface area contributed by atoms with Gasteiger partial charge in [-0.3, -0.25) is 19.2 Å². The van der Waals surface area contributed by atoms with E-state index in [1.165, 1.54) is 47.0 Å². The zero-order chi connectivity index (χ0) is 44.5. The lowest BCUT2D eigenvalue weighted by Crippen LogP contribution is -1.93. The lowest BCUT2D eigenvalue weighted by atomic mass is 10.0. The van der Waals surface area contributed by atoms with E-state index in [1.54, 1.807) is 27.7 Å². The molecule has 64 heavy (non-hydrogen) atoms. The SMILES string of the molecule is CC(=O)Sc1ccccc1-c1c2nc(c(-c3ccccc3SC(C)=O)c3ccc([nH]3)c(-c3ccccc3SC(C)=O)c3nc(c(-c4ccccc4SC(C)=O)c4ccc1[nH]4)C=C3)C=C2. The van der Waals surface area contributed by atoms with Crippen LogP contribution in [-0.2, 0) is 19.2 Å². The fourth-order valence-corrected chi connectivity index (χ4v) is 11.0. The van der Waals surface area contributed by atoms with E-state index in [0.29, 0.717) is 22.8 Å². The number of hydrogen-bond acceptors (Lipinski definition) is 10. The molecule has 9 rings (SSSR count). The van der Waals surface area contributed by atoms with Gasteiger partial charge < -0.3 is 9.97 Å². The molecule has 2 N–H and O–H groups in total. The molecule has 4 aromatic carbocycles. The standard InChI is InChI=1S/C52H38N4O4S4/c1-29(57)61-45-17-9-5-13-33(45)49-37-21-23-39(53-37)50(34-14-6-10-18-46(34)62-30(2)58)41-25-27-43(55-41)52(36-16-8-12-20-48(36)64-32(4)60)44-28-26-42(56-44)51(40-24-22-38(49)54-40)35-15-7-11-19-47(35)63-31(3)59/h5-28,53,56H,1-4H3. The molecule has 0 saturated carbocycles. The molecule has 0 atom stereocenters. The van der Waals surface area contributed by atoms with E-state index in [2.05, 4.69) is 9.97 Å². The van der Waals surface area contributed by atoms with E-state index in [-0.39, 0.29) is 20.5 Å². The van der Waals surface area contributed by atoms with Crippen molar-refractivity contribution in [2.24, 2.45) is 0 Å². The molecular weight excluding hydrogens is 873 g/mol. The van der Waals surface area contributed by atoms with Crippen molar-refractivity contribution in [1.29, 1.82) is 0 Å². The van der Waals surface area contributed by atoms with Crippen LogP contribution in [0.1, 0.15) is 50.5 Å². The van der Waals surface area contributed by atoms with Crippen LogP contribution in [0.25, 0.3) is 90.9 Å². The summed E-state index contributed by atoms with van der Waals surface area (Å²) in [5.41, 5.74) is 12.1. The van der Waals surface area contributed by atoms with Gasteiger partial charge in [-0.1, -0.05) is 120 Å². The van der Waals surface area contributed by atoms with Gasteiger partial charge in [-0.05, 0) is 95.1 Å². The molecule has 0 unspecified atom stereocenters. The second-order valence-corrected chi connectivity index (χ2v) is 19.7. The number of hydrogen-bond donors (Lipinski definition) is 2. The first kappa shape index (κ1) is 42.8. The van der Waals surface area contributed by atoms with E-state index in [9.17, 15) is 19.2 Å². The predicted octanol–water partition coefficient (Wildman–Crippen LogP) is 13.9. The lowest BCUT2D eigenvalue weighted by Gasteiger charge is -2.11. The fourth-order valence-electron chi connectivity index (χ4n) is 8.01. The molecule has 2 aliphatic heterocycles. The maximum Gasteiger partial charge on any atom is 0.190 e. The highest BCUT2D eigenvalue weighted by Gasteiger charge is 2.23. The number of H-pyrrole nitrogens is 2. The lowest BCUT2D eigenvalue weighted by molar-refractivity contribution is -0.109. The molecule has 0 amide bonds. The Kier molecular flexibility index (Phi) is 12.3. The number of fused-ring (bicyclic) bond motifs is 8. The molecule has 0 fully saturated rings. The molecule has 5 heterocycles. The molecular formula is C52H38N4O4S4. The predicted molar refractivity (Wildman–Crippen MR) is 267 cm³/mol. The van der Waals surface area contributed by atoms with Crippen LogP contribution in [0.15, 0.2) is 141 Å². The molecule has 2 aliphatic rings. The van der Waals surface area contributed by atoms with Crippen LogP contribution in [0.4, 0.5) is 0 Å². The van der Waals surface area contributed by atoms with Gasteiger partial charge in [-0.15, -0.1) is 0 Å². The van der Waals surface area contributed by atoms with Gasteiger partial charge in [0.25, 0.3) is 0 Å². The minimum Gasteiger partial charge on any atom is -0.354 e. The van der Waals surface area contributed by atoms with Crippen molar-refractivity contribution in [2.45, 2.75) is 47.3 Å². The number of nitrogens with zero attached hydrogens (tertiary/aromatic N) is 2. The summed E-state index contributed by atoms with van der Waals surface area (Å²) in [6, 6.07) is 39.3. The topological polar surface area (TPSA) is 126 Å². The van der Waals surface area contributed by atoms with Gasteiger partial charge in [0.15, 0.2) is 20.5 Å². The Morgan fingerprint density at radius 1 is 0.344 bits per heavy atom. The van der Waals surface area contributed by atoms with Crippen molar-refractivity contribution in [3.8, 4) is 44.5 Å². The smallest absolute Gasteiger partial charge is 0.190 e. The molecule has 0 aliphatic carbocycles. The molecule has 8 nitrogen and oxygen atoms in total. The maximum absolute atomic E-state index is 12.7. The van der Waals surface area contributed by atoms with Gasteiger partial charge in [0.2, 0.25) is 0 Å². The minimum atomic E-state index is -0.0469. The highest BCUT2D eigenvalue weighted by molar-refractivity contribution is 8.14. The number of carbonyl (C=O) groups excluding carboxylic acids is 4. The highest BCUT2D eigenvalue weighted by Crippen LogP contribution is 2.44. The number of rotatable bonds is 8. The second kappa shape index (κ2) is 18.3. The molecule has 0 spiro atoms. The maximum atomic E-state index is 12.7. The first-order valence-electron chi connectivity index (χ1n) is 20.3. The Balaban J connectivity index is 1.50. The van der Waals surface area contributed by atoms with Crippen LogP contribution in [0.2, 0.25) is 0 Å². The third-order valence-electron chi connectivity index (χ3n) is 10.4. The highest BCUT2D eigenvalue weighted by atomic mass is 32.2. The number of benzene rings is 4. The fraction of sp³-hybridized carbons (Fsp3) is 0.0769. The Morgan fingerprint density at radius 3 is 0.781 bits per heavy atom. The van der Waals surface area contributed by atoms with Gasteiger partial charge in [-0.2, -0.15) is 0 Å². The Labute approximate surface area is 386 Å². The van der Waals surface area contributed by atoms with Crippen LogP contribution in [-0.4, -0.2) is 40.4 Å². The third-order valence-corrected chi connectivity index (χ3v) is 13.8. The summed E-state index contributed by atoms with van der Waals surface area (Å²) < 4.78 is 0. The van der Waals surface area contributed by atoms with Crippen molar-refractivity contribution in [3.05, 3.63) is 144 Å². The summed E-state index contributed by atoms with van der Waals surface area (Å²) in [7, 11) is 0. The van der Waals surface area contributed by atoms with E-state index >= 15 is 0 Å². The van der Waals surface area contributed by atoms with Crippen LogP contribution in [0.5, 0.6) is 0 Å². The van der Waals surface area contributed by atoms with Crippen molar-refractivity contribution >= 4 is 114 Å². The summed E-state index contributed by atoms with van der Waals surface area (Å²) in [5, 5.41) is -0.188. The van der Waals surface area contributed by atoms with E-state index in [0.717, 1.165) is 86.2 Å². The number of carbonyl (C=O) groups is 4. The van der Waals surface area contributed by atoms with Crippen LogP contribution in [0.3, 0.4) is 0 Å². The van der Waals surface area contributed by atoms with E-state index in [1.807, 2.05) is 146 Å². The first-order valence-corrected chi connectivity index (χ1v) is 23.6. The molecule has 3 aromatic heterocycles. The average molecular weight is 911 g/mol. The van der Waals surface area contributed by atoms with Crippen molar-refractivity contribution in [1.82, 2.24) is 19.9 Å². The molecule has 0 saturated heterocycles. The molecule has 314 valence electrons. The van der Waals surface area contributed by atoms with Gasteiger partial charge in [0.05, 0.1) is 22.8 Å². The quantitative estimate of drug-likeness (QED) is 0.142. The largest absolute Gasteiger partial charge is 0.354 e. The molecule has 7 aromatic rings. The Bertz CT molecular complexity index is 2900. The van der Waals surface area contributed by atoms with Gasteiger partial charge >= 0.3 is 0 Å². The second-order valence-electron chi connectivity index (χ2n) is 14.9. The van der Waals surface area contributed by atoms with Crippen LogP contribution in [0, 0.1) is 0 Å². The van der Waals surface area contributed by atoms with Gasteiger partial charge in [0.1, 0.15) is 0 Å². The van der Waals surface area contributed by atoms with Crippen molar-refractivity contribution in [2.75, 3.05) is 0 Å². The van der Waals surface area contributed by atoms with E-state index < -0.39 is 0 Å². The molecule has 12 heteroatoms. The number of aromatic nitrogens is 4. The van der Waals surface area contributed by atoms with Crippen molar-refractivity contribution < 1.29 is 19.2 Å². The van der Waals surface area contributed by atoms with Gasteiger partial charge in [0, 0.05) is 91.6 Å². The summed E-state index contributed by atoms with van der Waals surface area (Å²) in [6.07, 6.45) is 7.96. The summed E-state index contributed by atoms with van der Waals surface area (Å²) >= 11 is 4.66. The molecule has 8 bridgehead atoms. The van der Waals surface area contributed by atoms with E-state index in [4.69, 9.17) is 9.97 Å². The monoisotopic (exact) mass is 910 g/mol. The normalized spacial score (nSPS) is 11.8. The molecule has 0 radical (unpaired) electrons. The zero-order valence-corrected chi connectivity index (χ0v) is 38.3. The first-order chi connectivity index (χ1) is 31.0. The summed E-state index contributed by atoms with van der Waals surface area (Å²) in [6.45, 7) is 6.23. The Morgan fingerprint density at radius 2 is 0.562 bits per heavy atom. The Hall–Kier alpha value is -6.44. The van der Waals surface area contributed by atoms with Crippen molar-refractivity contribution in [3.63, 3.8) is 0 Å². The minimum absolute atomic E-state index is 0.0469. The van der Waals surface area contributed by atoms with Gasteiger partial charge in [-0.25, -0.2) is 9.97 Å². The zero-order valence-electron chi connectivity index (χ0n) is 35.0. The number of thioether (sulfide) groups is 4. The van der Waals surface area contributed by atoms with Crippen LogP contribution < -0.4 is 0 Å². The number of aromatic amines is 2. The third kappa shape index (κ3) is 8.74. The van der Waals surface area contributed by atoms with Crippen LogP contribution >= 0.6 is 47.0 Å².